The van der Waals surface area contributed by atoms with Crippen LogP contribution in [0.15, 0.2) is 11.6 Å². The van der Waals surface area contributed by atoms with Crippen LogP contribution in [0.25, 0.3) is 0 Å². The van der Waals surface area contributed by atoms with Gasteiger partial charge in [0.15, 0.2) is 0 Å². The fraction of sp³-hybridized carbons (Fsp3) is 0.500. The van der Waals surface area contributed by atoms with Gasteiger partial charge in [-0.2, -0.15) is 0 Å². The van der Waals surface area contributed by atoms with Gasteiger partial charge in [0.2, 0.25) is 5.91 Å². The first kappa shape index (κ1) is 11.5. The summed E-state index contributed by atoms with van der Waals surface area (Å²) in [6.07, 6.45) is 4.09. The van der Waals surface area contributed by atoms with Crippen LogP contribution in [-0.2, 0) is 11.2 Å². The van der Waals surface area contributed by atoms with Crippen LogP contribution in [0.1, 0.15) is 17.8 Å². The average molecular weight is 255 g/mol. The maximum atomic E-state index is 11.8. The number of amides is 1. The highest BCUT2D eigenvalue weighted by molar-refractivity contribution is 7.80. The molecular formula is C10H13N3OS2. The molecule has 1 aromatic heterocycles. The predicted octanol–water partition coefficient (Wildman–Crippen LogP) is 0.868. The lowest BCUT2D eigenvalue weighted by atomic mass is 10.1. The van der Waals surface area contributed by atoms with Crippen molar-refractivity contribution < 1.29 is 4.79 Å². The molecule has 0 radical (unpaired) electrons. The Hall–Kier alpha value is -1.01. The van der Waals surface area contributed by atoms with E-state index in [1.807, 2.05) is 5.38 Å². The van der Waals surface area contributed by atoms with E-state index in [0.29, 0.717) is 11.5 Å². The van der Waals surface area contributed by atoms with Crippen LogP contribution in [0.3, 0.4) is 0 Å². The summed E-state index contributed by atoms with van der Waals surface area (Å²) in [5.41, 5.74) is 5.02. The third-order valence-corrected chi connectivity index (χ3v) is 3.99. The normalized spacial score (nSPS) is 16.8. The molecular weight excluding hydrogens is 242 g/mol. The van der Waals surface area contributed by atoms with Gasteiger partial charge in [-0.1, -0.05) is 12.2 Å². The second kappa shape index (κ2) is 4.47. The Kier molecular flexibility index (Phi) is 3.20. The lowest BCUT2D eigenvalue weighted by molar-refractivity contribution is -0.123. The lowest BCUT2D eigenvalue weighted by Crippen LogP contribution is -2.40. The van der Waals surface area contributed by atoms with Crippen LogP contribution in [0.5, 0.6) is 0 Å². The molecule has 0 aromatic carbocycles. The maximum Gasteiger partial charge on any atom is 0.233 e. The number of carbonyl (C=O) groups is 1. The first-order chi connectivity index (χ1) is 7.65. The number of thiazole rings is 1. The molecule has 1 aliphatic carbocycles. The van der Waals surface area contributed by atoms with Crippen molar-refractivity contribution in [2.75, 3.05) is 6.54 Å². The Morgan fingerprint density at radius 3 is 2.94 bits per heavy atom. The van der Waals surface area contributed by atoms with Gasteiger partial charge in [0.25, 0.3) is 0 Å². The summed E-state index contributed by atoms with van der Waals surface area (Å²) in [7, 11) is 0. The third kappa shape index (κ3) is 2.22. The summed E-state index contributed by atoms with van der Waals surface area (Å²) in [4.78, 5) is 16.3. The van der Waals surface area contributed by atoms with E-state index >= 15 is 0 Å². The number of rotatable bonds is 5. The highest BCUT2D eigenvalue weighted by Crippen LogP contribution is 2.46. The summed E-state index contributed by atoms with van der Waals surface area (Å²) < 4.78 is 0. The molecule has 0 atom stereocenters. The second-order valence-electron chi connectivity index (χ2n) is 3.88. The van der Waals surface area contributed by atoms with Crippen LogP contribution in [0.4, 0.5) is 0 Å². The van der Waals surface area contributed by atoms with Crippen molar-refractivity contribution in [2.45, 2.75) is 19.3 Å². The van der Waals surface area contributed by atoms with E-state index in [2.05, 4.69) is 10.3 Å². The quantitative estimate of drug-likeness (QED) is 0.766. The molecule has 0 spiro atoms. The molecule has 1 saturated carbocycles. The van der Waals surface area contributed by atoms with E-state index in [1.165, 1.54) is 0 Å². The number of thiocarbonyl (C=S) groups is 1. The number of hydrogen-bond donors (Lipinski definition) is 2. The molecule has 0 saturated heterocycles. The Labute approximate surface area is 103 Å². The lowest BCUT2D eigenvalue weighted by Gasteiger charge is -2.12. The summed E-state index contributed by atoms with van der Waals surface area (Å²) in [5, 5.41) is 5.82. The molecule has 0 aliphatic heterocycles. The van der Waals surface area contributed by atoms with Crippen LogP contribution >= 0.6 is 23.6 Å². The fourth-order valence-electron chi connectivity index (χ4n) is 1.54. The summed E-state index contributed by atoms with van der Waals surface area (Å²) in [6, 6.07) is 0. The molecule has 0 unspecified atom stereocenters. The largest absolute Gasteiger partial charge is 0.392 e. The zero-order valence-electron chi connectivity index (χ0n) is 8.73. The Bertz CT molecular complexity index is 398. The van der Waals surface area contributed by atoms with Crippen molar-refractivity contribution in [3.8, 4) is 0 Å². The molecule has 2 rings (SSSR count). The van der Waals surface area contributed by atoms with Crippen LogP contribution in [0, 0.1) is 5.41 Å². The van der Waals surface area contributed by atoms with Gasteiger partial charge in [0.1, 0.15) is 0 Å². The van der Waals surface area contributed by atoms with E-state index in [4.69, 9.17) is 18.0 Å². The third-order valence-electron chi connectivity index (χ3n) is 2.76. The number of hydrogen-bond acceptors (Lipinski definition) is 4. The minimum absolute atomic E-state index is 0.0310. The van der Waals surface area contributed by atoms with Crippen LogP contribution < -0.4 is 11.1 Å². The first-order valence-corrected chi connectivity index (χ1v) is 6.40. The zero-order chi connectivity index (χ0) is 11.6. The van der Waals surface area contributed by atoms with Crippen molar-refractivity contribution >= 4 is 34.5 Å². The monoisotopic (exact) mass is 255 g/mol. The molecule has 3 N–H and O–H groups in total. The molecule has 86 valence electrons. The van der Waals surface area contributed by atoms with E-state index in [-0.39, 0.29) is 5.91 Å². The number of aromatic nitrogens is 1. The van der Waals surface area contributed by atoms with E-state index in [0.717, 1.165) is 24.3 Å². The molecule has 1 fully saturated rings. The average Bonchev–Trinajstić information content (AvgIpc) is 2.92. The van der Waals surface area contributed by atoms with E-state index in [9.17, 15) is 4.79 Å². The van der Waals surface area contributed by atoms with Crippen molar-refractivity contribution in [1.29, 1.82) is 0 Å². The van der Waals surface area contributed by atoms with Gasteiger partial charge in [0.05, 0.1) is 15.4 Å². The van der Waals surface area contributed by atoms with Crippen LogP contribution in [0.2, 0.25) is 0 Å². The SMILES string of the molecule is NC(=S)C1(C(=O)NCCc2nccs2)CC1. The first-order valence-electron chi connectivity index (χ1n) is 5.12. The smallest absolute Gasteiger partial charge is 0.233 e. The highest BCUT2D eigenvalue weighted by Gasteiger charge is 2.52. The topological polar surface area (TPSA) is 68.0 Å². The number of nitrogens with two attached hydrogens (primary N) is 1. The molecule has 6 heteroatoms. The molecule has 1 aromatic rings. The highest BCUT2D eigenvalue weighted by atomic mass is 32.1. The summed E-state index contributed by atoms with van der Waals surface area (Å²) >= 11 is 6.50. The minimum atomic E-state index is -0.543. The van der Waals surface area contributed by atoms with E-state index < -0.39 is 5.41 Å². The maximum absolute atomic E-state index is 11.8. The van der Waals surface area contributed by atoms with Gasteiger partial charge in [-0.3, -0.25) is 4.79 Å². The van der Waals surface area contributed by atoms with Gasteiger partial charge in [0, 0.05) is 24.5 Å². The predicted molar refractivity (Wildman–Crippen MR) is 67.3 cm³/mol. The second-order valence-corrected chi connectivity index (χ2v) is 5.30. The number of carbonyl (C=O) groups excluding carboxylic acids is 1. The standard InChI is InChI=1S/C10H13N3OS2/c11-8(15)10(2-3-10)9(14)13-4-1-7-12-5-6-16-7/h5-6H,1-4H2,(H2,11,15)(H,13,14). The fourth-order valence-corrected chi connectivity index (χ4v) is 2.46. The zero-order valence-corrected chi connectivity index (χ0v) is 10.4. The molecule has 0 bridgehead atoms. The number of nitrogens with one attached hydrogen (secondary N) is 1. The van der Waals surface area contributed by atoms with Gasteiger partial charge in [-0.15, -0.1) is 11.3 Å². The molecule has 16 heavy (non-hydrogen) atoms. The van der Waals surface area contributed by atoms with Gasteiger partial charge >= 0.3 is 0 Å². The Morgan fingerprint density at radius 1 is 1.69 bits per heavy atom. The van der Waals surface area contributed by atoms with Crippen molar-refractivity contribution in [3.63, 3.8) is 0 Å². The Morgan fingerprint density at radius 2 is 2.44 bits per heavy atom. The number of nitrogens with zero attached hydrogens (tertiary/aromatic N) is 1. The molecule has 1 amide bonds. The minimum Gasteiger partial charge on any atom is -0.392 e. The van der Waals surface area contributed by atoms with Crippen molar-refractivity contribution in [1.82, 2.24) is 10.3 Å². The molecule has 1 aliphatic rings. The summed E-state index contributed by atoms with van der Waals surface area (Å²) in [6.45, 7) is 0.594. The van der Waals surface area contributed by atoms with Gasteiger partial charge in [-0.25, -0.2) is 4.98 Å². The van der Waals surface area contributed by atoms with Gasteiger partial charge < -0.3 is 11.1 Å². The van der Waals surface area contributed by atoms with Crippen molar-refractivity contribution in [3.05, 3.63) is 16.6 Å². The molecule has 1 heterocycles. The van der Waals surface area contributed by atoms with Crippen LogP contribution in [-0.4, -0.2) is 22.4 Å². The van der Waals surface area contributed by atoms with E-state index in [1.54, 1.807) is 17.5 Å². The Balaban J connectivity index is 1.79. The summed E-state index contributed by atoms with van der Waals surface area (Å²) in [5.74, 6) is -0.0310. The van der Waals surface area contributed by atoms with Crippen molar-refractivity contribution in [2.24, 2.45) is 11.1 Å². The van der Waals surface area contributed by atoms with Gasteiger partial charge in [-0.05, 0) is 12.8 Å². The molecule has 4 nitrogen and oxygen atoms in total.